The molecule has 1 saturated carbocycles. The lowest BCUT2D eigenvalue weighted by molar-refractivity contribution is 0.0393. The first-order valence-electron chi connectivity index (χ1n) is 7.41. The van der Waals surface area contributed by atoms with Gasteiger partial charge in [0.1, 0.15) is 0 Å². The van der Waals surface area contributed by atoms with Crippen molar-refractivity contribution in [2.24, 2.45) is 0 Å². The van der Waals surface area contributed by atoms with Gasteiger partial charge in [0.25, 0.3) is 0 Å². The number of nitrogens with zero attached hydrogens (tertiary/aromatic N) is 1. The Hall–Kier alpha value is -0.380. The van der Waals surface area contributed by atoms with Crippen LogP contribution in [0.15, 0.2) is 28.7 Å². The Morgan fingerprint density at radius 3 is 2.63 bits per heavy atom. The molecule has 1 saturated heterocycles. The van der Waals surface area contributed by atoms with Gasteiger partial charge in [0.2, 0.25) is 0 Å². The van der Waals surface area contributed by atoms with Crippen LogP contribution in [0.2, 0.25) is 0 Å². The monoisotopic (exact) mass is 322 g/mol. The number of halogens is 1. The average molecular weight is 323 g/mol. The molecule has 104 valence electrons. The Morgan fingerprint density at radius 1 is 1.26 bits per heavy atom. The Balaban J connectivity index is 1.77. The van der Waals surface area contributed by atoms with Crippen molar-refractivity contribution in [3.63, 3.8) is 0 Å². The molecule has 3 heteroatoms. The molecule has 1 aliphatic heterocycles. The number of hydrogen-bond donors (Lipinski definition) is 1. The maximum Gasteiger partial charge on any atom is 0.0338 e. The van der Waals surface area contributed by atoms with Crippen LogP contribution in [0.4, 0.5) is 0 Å². The molecule has 1 unspecified atom stereocenters. The Bertz CT molecular complexity index is 423. The molecule has 0 bridgehead atoms. The predicted octanol–water partition coefficient (Wildman–Crippen LogP) is 3.56. The smallest absolute Gasteiger partial charge is 0.0338 e. The summed E-state index contributed by atoms with van der Waals surface area (Å²) in [6.45, 7) is 5.75. The lowest BCUT2D eigenvalue weighted by Gasteiger charge is -2.48. The van der Waals surface area contributed by atoms with E-state index in [0.717, 1.165) is 6.54 Å². The van der Waals surface area contributed by atoms with E-state index in [4.69, 9.17) is 0 Å². The standard InChI is InChI=1S/C16H23BrN2/c1-13-10-19(11-14-4-6-15(17)7-5-14)16(12-18-13)8-2-3-9-16/h4-7,13,18H,2-3,8-12H2,1H3. The fraction of sp³-hybridized carbons (Fsp3) is 0.625. The number of hydrogen-bond acceptors (Lipinski definition) is 2. The predicted molar refractivity (Wildman–Crippen MR) is 83.2 cm³/mol. The van der Waals surface area contributed by atoms with Gasteiger partial charge in [-0.25, -0.2) is 0 Å². The van der Waals surface area contributed by atoms with Crippen LogP contribution in [0.1, 0.15) is 38.2 Å². The summed E-state index contributed by atoms with van der Waals surface area (Å²) in [6.07, 6.45) is 5.52. The van der Waals surface area contributed by atoms with Crippen molar-refractivity contribution in [2.75, 3.05) is 13.1 Å². The van der Waals surface area contributed by atoms with E-state index in [2.05, 4.69) is 57.3 Å². The van der Waals surface area contributed by atoms with Crippen molar-refractivity contribution in [3.05, 3.63) is 34.3 Å². The molecule has 1 aliphatic carbocycles. The van der Waals surface area contributed by atoms with Crippen LogP contribution >= 0.6 is 15.9 Å². The molecule has 3 rings (SSSR count). The summed E-state index contributed by atoms with van der Waals surface area (Å²) in [5.74, 6) is 0. The van der Waals surface area contributed by atoms with Gasteiger partial charge >= 0.3 is 0 Å². The summed E-state index contributed by atoms with van der Waals surface area (Å²) in [5, 5.41) is 3.69. The zero-order chi connectivity index (χ0) is 13.3. The first kappa shape index (κ1) is 13.6. The first-order valence-corrected chi connectivity index (χ1v) is 8.20. The normalized spacial score (nSPS) is 26.9. The number of nitrogens with one attached hydrogen (secondary N) is 1. The molecule has 1 aromatic rings. The highest BCUT2D eigenvalue weighted by Gasteiger charge is 2.42. The molecular formula is C16H23BrN2. The van der Waals surface area contributed by atoms with Crippen LogP contribution in [0.5, 0.6) is 0 Å². The first-order chi connectivity index (χ1) is 9.18. The second-order valence-corrected chi connectivity index (χ2v) is 7.14. The van der Waals surface area contributed by atoms with Gasteiger partial charge in [-0.3, -0.25) is 4.90 Å². The highest BCUT2D eigenvalue weighted by atomic mass is 79.9. The van der Waals surface area contributed by atoms with Crippen molar-refractivity contribution < 1.29 is 0 Å². The van der Waals surface area contributed by atoms with Gasteiger partial charge in [0, 0.05) is 35.7 Å². The van der Waals surface area contributed by atoms with Crippen molar-refractivity contribution in [3.8, 4) is 0 Å². The zero-order valence-electron chi connectivity index (χ0n) is 11.7. The molecule has 1 N–H and O–H groups in total. The van der Waals surface area contributed by atoms with Crippen LogP contribution in [0.25, 0.3) is 0 Å². The number of rotatable bonds is 2. The molecule has 0 aromatic heterocycles. The van der Waals surface area contributed by atoms with E-state index < -0.39 is 0 Å². The van der Waals surface area contributed by atoms with Gasteiger partial charge in [-0.1, -0.05) is 40.9 Å². The van der Waals surface area contributed by atoms with E-state index in [-0.39, 0.29) is 0 Å². The molecule has 2 aliphatic rings. The molecule has 1 aromatic carbocycles. The van der Waals surface area contributed by atoms with Gasteiger partial charge in [-0.05, 0) is 37.5 Å². The lowest BCUT2D eigenvalue weighted by atomic mass is 9.90. The van der Waals surface area contributed by atoms with Crippen molar-refractivity contribution in [1.82, 2.24) is 10.2 Å². The molecule has 0 radical (unpaired) electrons. The van der Waals surface area contributed by atoms with Crippen molar-refractivity contribution >= 4 is 15.9 Å². The third-order valence-corrected chi connectivity index (χ3v) is 5.29. The third kappa shape index (κ3) is 2.88. The average Bonchev–Trinajstić information content (AvgIpc) is 2.87. The highest BCUT2D eigenvalue weighted by Crippen LogP contribution is 2.37. The van der Waals surface area contributed by atoms with Crippen LogP contribution < -0.4 is 5.32 Å². The van der Waals surface area contributed by atoms with Gasteiger partial charge in [-0.15, -0.1) is 0 Å². The van der Waals surface area contributed by atoms with E-state index in [1.165, 1.54) is 48.8 Å². The molecule has 1 spiro atoms. The van der Waals surface area contributed by atoms with Crippen LogP contribution in [-0.2, 0) is 6.54 Å². The van der Waals surface area contributed by atoms with E-state index in [0.29, 0.717) is 11.6 Å². The minimum Gasteiger partial charge on any atom is -0.311 e. The summed E-state index contributed by atoms with van der Waals surface area (Å²) >= 11 is 3.52. The Kier molecular flexibility index (Phi) is 3.97. The zero-order valence-corrected chi connectivity index (χ0v) is 13.2. The summed E-state index contributed by atoms with van der Waals surface area (Å²) in [4.78, 5) is 2.74. The minimum absolute atomic E-state index is 0.430. The van der Waals surface area contributed by atoms with Crippen molar-refractivity contribution in [1.29, 1.82) is 0 Å². The lowest BCUT2D eigenvalue weighted by Crippen LogP contribution is -2.62. The van der Waals surface area contributed by atoms with Gasteiger partial charge in [-0.2, -0.15) is 0 Å². The molecule has 1 heterocycles. The third-order valence-electron chi connectivity index (χ3n) is 4.77. The molecule has 2 nitrogen and oxygen atoms in total. The quantitative estimate of drug-likeness (QED) is 0.895. The fourth-order valence-corrected chi connectivity index (χ4v) is 3.90. The molecule has 1 atom stereocenters. The SMILES string of the molecule is CC1CN(Cc2ccc(Br)cc2)C2(CCCC2)CN1. The minimum atomic E-state index is 0.430. The highest BCUT2D eigenvalue weighted by molar-refractivity contribution is 9.10. The molecule has 2 fully saturated rings. The number of piperazine rings is 1. The summed E-state index contributed by atoms with van der Waals surface area (Å²) < 4.78 is 1.17. The van der Waals surface area contributed by atoms with E-state index in [1.54, 1.807) is 0 Å². The topological polar surface area (TPSA) is 15.3 Å². The van der Waals surface area contributed by atoms with Crippen LogP contribution in [0.3, 0.4) is 0 Å². The van der Waals surface area contributed by atoms with Gasteiger partial charge < -0.3 is 5.32 Å². The summed E-state index contributed by atoms with van der Waals surface area (Å²) in [5.41, 5.74) is 1.86. The van der Waals surface area contributed by atoms with E-state index >= 15 is 0 Å². The van der Waals surface area contributed by atoms with Crippen molar-refractivity contribution in [2.45, 2.75) is 50.7 Å². The maximum absolute atomic E-state index is 3.69. The molecular weight excluding hydrogens is 300 g/mol. The molecule has 0 amide bonds. The van der Waals surface area contributed by atoms with E-state index in [9.17, 15) is 0 Å². The van der Waals surface area contributed by atoms with Crippen LogP contribution in [-0.4, -0.2) is 29.6 Å². The van der Waals surface area contributed by atoms with Gasteiger partial charge in [0.05, 0.1) is 0 Å². The van der Waals surface area contributed by atoms with Crippen LogP contribution in [0, 0.1) is 0 Å². The summed E-state index contributed by atoms with van der Waals surface area (Å²) in [6, 6.07) is 9.42. The van der Waals surface area contributed by atoms with E-state index in [1.807, 2.05) is 0 Å². The second-order valence-electron chi connectivity index (χ2n) is 6.22. The fourth-order valence-electron chi connectivity index (χ4n) is 3.63. The second kappa shape index (κ2) is 5.55. The number of benzene rings is 1. The maximum atomic E-state index is 3.69. The van der Waals surface area contributed by atoms with Gasteiger partial charge in [0.15, 0.2) is 0 Å². The largest absolute Gasteiger partial charge is 0.311 e. The Labute approximate surface area is 124 Å². The summed E-state index contributed by atoms with van der Waals surface area (Å²) in [7, 11) is 0. The Morgan fingerprint density at radius 2 is 1.95 bits per heavy atom. The molecule has 19 heavy (non-hydrogen) atoms.